The van der Waals surface area contributed by atoms with Gasteiger partial charge in [-0.2, -0.15) is 14.7 Å². The average Bonchev–Trinajstić information content (AvgIpc) is 1.15. The summed E-state index contributed by atoms with van der Waals surface area (Å²) in [7, 11) is 0. The van der Waals surface area contributed by atoms with E-state index in [4.69, 9.17) is 27.5 Å². The summed E-state index contributed by atoms with van der Waals surface area (Å²) in [6, 6.07) is 9.02. The smallest absolute Gasteiger partial charge is 0.387 e. The molecule has 1 unspecified atom stereocenters. The van der Waals surface area contributed by atoms with Gasteiger partial charge in [-0.1, -0.05) is 215 Å². The number of aromatic amines is 5. The van der Waals surface area contributed by atoms with E-state index in [2.05, 4.69) is 180 Å². The highest BCUT2D eigenvalue weighted by Gasteiger charge is 2.26. The molecule has 92 heavy (non-hydrogen) atoms. The van der Waals surface area contributed by atoms with Gasteiger partial charge in [0.05, 0.1) is 5.69 Å². The first kappa shape index (κ1) is 84.7. The zero-order valence-electron chi connectivity index (χ0n) is 59.1. The molecule has 7 aromatic rings. The zero-order valence-corrected chi connectivity index (χ0v) is 62.3. The van der Waals surface area contributed by atoms with Crippen LogP contribution in [-0.4, -0.2) is 81.8 Å². The number of tetrazole rings is 1. The molecule has 0 radical (unpaired) electrons. The van der Waals surface area contributed by atoms with Crippen LogP contribution >= 0.6 is 34.9 Å². The van der Waals surface area contributed by atoms with Crippen molar-refractivity contribution in [2.75, 3.05) is 11.5 Å². The number of amidine groups is 2. The number of nitrogens with one attached hydrogen (secondary N) is 6. The van der Waals surface area contributed by atoms with E-state index in [0.717, 1.165) is 35.0 Å². The van der Waals surface area contributed by atoms with E-state index < -0.39 is 17.0 Å². The van der Waals surface area contributed by atoms with Crippen LogP contribution in [0.25, 0.3) is 0 Å². The lowest BCUT2D eigenvalue weighted by atomic mass is 9.92. The standard InChI is InChI=1S/C9H14N2.C8H12N2O.C7H12N2S.C7H11NO2.C7H11NOS.C6H12N4.C6H13N3S.C6H10N2O2.C5H10N2O2S/c1-9(2,3)7-5-4-6-8(10)11-7;1-8(2,3)6-4-5-9-7(11)10-6;1-7(2,3)5-4-10-6(8)9-5;1-7(2,3)5-4-6(9)8-10-5;1-7(2,3)5-4-10-6(9)8-5;1-6(2,3)4-5-7-9-10-8-5;1-6(2,3)4(7)9-5(8)10;1-6(2,3)4-7-5(9)10-8-4;1-5(2,3)4-6-9-10(8)7-4/h4-6H,1-3H3,(H2,10,11);4-5H,1-3H3,(H,9,10,11);4H,1-3H3,(H2,8,9);2*4H,1-3H3,(H,8,9);4H2,1-3H3,(H,7,8,9,10);1-3H3,(H4,7,8,9,10);1-3H3,(H,7,8,9);1-3H3,(H,6,7). The molecule has 0 aromatic carbocycles. The lowest BCUT2D eigenvalue weighted by Crippen LogP contribution is -2.30. The number of pyridine rings is 1. The second-order valence-corrected chi connectivity index (χ2v) is 33.1. The van der Waals surface area contributed by atoms with Gasteiger partial charge in [-0.15, -0.1) is 25.9 Å². The molecule has 14 N–H and O–H groups in total. The number of hydrogen-bond acceptors (Lipinski definition) is 21. The lowest BCUT2D eigenvalue weighted by molar-refractivity contribution is 0.291. The quantitative estimate of drug-likeness (QED) is 0.0415. The molecular formula is C61H105N19O8S4. The van der Waals surface area contributed by atoms with E-state index in [9.17, 15) is 23.4 Å². The molecule has 0 spiro atoms. The minimum absolute atomic E-state index is 0.0118. The number of nitrogen functional groups attached to an aromatic ring is 2. The molecule has 1 aliphatic heterocycles. The number of rotatable bonds is 1. The predicted octanol–water partition coefficient (Wildman–Crippen LogP) is 10.7. The van der Waals surface area contributed by atoms with Crippen LogP contribution in [0.2, 0.25) is 0 Å². The van der Waals surface area contributed by atoms with Crippen molar-refractivity contribution in [3.63, 3.8) is 0 Å². The molecule has 8 rings (SSSR count). The van der Waals surface area contributed by atoms with Crippen molar-refractivity contribution in [2.45, 2.75) is 226 Å². The van der Waals surface area contributed by atoms with Crippen molar-refractivity contribution in [1.29, 1.82) is 0 Å². The summed E-state index contributed by atoms with van der Waals surface area (Å²) in [5.74, 6) is 3.26. The first-order valence-electron chi connectivity index (χ1n) is 29.2. The third-order valence-electron chi connectivity index (χ3n) is 11.2. The van der Waals surface area contributed by atoms with Crippen molar-refractivity contribution in [2.24, 2.45) is 37.1 Å². The Morgan fingerprint density at radius 1 is 0.663 bits per heavy atom. The lowest BCUT2D eigenvalue weighted by Gasteiger charge is -2.17. The third-order valence-corrected chi connectivity index (χ3v) is 13.2. The number of aromatic nitrogens is 12. The Morgan fingerprint density at radius 3 is 1.49 bits per heavy atom. The van der Waals surface area contributed by atoms with E-state index in [1.54, 1.807) is 6.07 Å². The topological polar surface area (TPSA) is 431 Å². The first-order valence-corrected chi connectivity index (χ1v) is 32.4. The van der Waals surface area contributed by atoms with Gasteiger partial charge in [0.2, 0.25) is 0 Å². The molecule has 1 atom stereocenters. The Hall–Kier alpha value is -7.35. The van der Waals surface area contributed by atoms with Crippen LogP contribution in [-0.2, 0) is 54.5 Å². The highest BCUT2D eigenvalue weighted by atomic mass is 32.2. The van der Waals surface area contributed by atoms with Gasteiger partial charge in [-0.25, -0.2) is 39.2 Å². The van der Waals surface area contributed by atoms with Gasteiger partial charge in [0.15, 0.2) is 21.9 Å². The molecule has 7 aromatic heterocycles. The van der Waals surface area contributed by atoms with Crippen molar-refractivity contribution >= 4 is 73.9 Å². The maximum Gasteiger partial charge on any atom is 0.438 e. The zero-order chi connectivity index (χ0) is 71.8. The molecule has 0 bridgehead atoms. The van der Waals surface area contributed by atoms with Crippen molar-refractivity contribution in [1.82, 2.24) is 66.3 Å². The number of nitrogens with zero attached hydrogens (tertiary/aromatic N) is 9. The Bertz CT molecular complexity index is 3480. The van der Waals surface area contributed by atoms with Crippen LogP contribution in [0.4, 0.5) is 10.9 Å². The van der Waals surface area contributed by atoms with Gasteiger partial charge >= 0.3 is 27.6 Å². The number of thiocarbonyl (C=S) groups is 1. The average molecular weight is 1360 g/mol. The maximum absolute atomic E-state index is 10.8. The van der Waals surface area contributed by atoms with Crippen LogP contribution in [0.5, 0.6) is 0 Å². The Balaban J connectivity index is 0.00000101. The summed E-state index contributed by atoms with van der Waals surface area (Å²) in [5.41, 5.74) is 27.8. The van der Waals surface area contributed by atoms with Crippen LogP contribution in [0.3, 0.4) is 0 Å². The van der Waals surface area contributed by atoms with Gasteiger partial charge in [-0.3, -0.25) is 19.1 Å². The molecule has 0 fully saturated rings. The maximum atomic E-state index is 10.8. The van der Waals surface area contributed by atoms with Crippen LogP contribution in [0.1, 0.15) is 227 Å². The van der Waals surface area contributed by atoms with Crippen LogP contribution in [0.15, 0.2) is 84.9 Å². The third kappa shape index (κ3) is 37.2. The normalized spacial score (nSPS) is 13.5. The highest BCUT2D eigenvalue weighted by Crippen LogP contribution is 2.26. The first-order chi connectivity index (χ1) is 41.4. The fourth-order valence-electron chi connectivity index (χ4n) is 5.65. The van der Waals surface area contributed by atoms with Crippen molar-refractivity contribution in [3.05, 3.63) is 129 Å². The van der Waals surface area contributed by atoms with Crippen LogP contribution < -0.4 is 50.3 Å². The Morgan fingerprint density at radius 2 is 1.24 bits per heavy atom. The van der Waals surface area contributed by atoms with E-state index in [1.165, 1.54) is 34.9 Å². The monoisotopic (exact) mass is 1360 g/mol. The number of nitrogens with two attached hydrogens (primary N) is 4. The van der Waals surface area contributed by atoms with Gasteiger partial charge < -0.3 is 37.4 Å². The molecule has 1 aliphatic rings. The number of thiazole rings is 2. The molecule has 0 saturated heterocycles. The molecule has 27 nitrogen and oxygen atoms in total. The summed E-state index contributed by atoms with van der Waals surface area (Å²) >= 11 is 5.75. The number of aliphatic imine (C=N–C) groups is 1. The van der Waals surface area contributed by atoms with Gasteiger partial charge in [0.1, 0.15) is 23.2 Å². The second kappa shape index (κ2) is 35.6. The van der Waals surface area contributed by atoms with Gasteiger partial charge in [0, 0.05) is 89.8 Å². The van der Waals surface area contributed by atoms with E-state index in [-0.39, 0.29) is 70.0 Å². The van der Waals surface area contributed by atoms with Crippen molar-refractivity contribution in [3.8, 4) is 0 Å². The summed E-state index contributed by atoms with van der Waals surface area (Å²) in [5, 5.41) is 24.0. The Kier molecular flexibility index (Phi) is 32.8. The summed E-state index contributed by atoms with van der Waals surface area (Å²) < 4.78 is 28.0. The molecule has 0 saturated carbocycles. The minimum atomic E-state index is -1.52. The van der Waals surface area contributed by atoms with E-state index >= 15 is 0 Å². The van der Waals surface area contributed by atoms with E-state index in [1.807, 2.05) is 133 Å². The minimum Gasteiger partial charge on any atom is -0.387 e. The molecule has 516 valence electrons. The molecule has 0 aliphatic carbocycles. The largest absolute Gasteiger partial charge is 0.438 e. The Labute approximate surface area is 557 Å². The number of hydroxylamine groups is 1. The molecular weight excluding hydrogens is 1260 g/mol. The highest BCUT2D eigenvalue weighted by molar-refractivity contribution is 7.80. The van der Waals surface area contributed by atoms with Crippen molar-refractivity contribution < 1.29 is 17.5 Å². The number of anilines is 2. The fraction of sp³-hybridized carbons (Fsp3) is 0.607. The van der Waals surface area contributed by atoms with Gasteiger partial charge in [-0.05, 0) is 35.8 Å². The SMILES string of the molecule is CC(C)(C)C(N)=NC(N)=S.CC(C)(C)C1=NS(=O)ON1.CC(C)(C)Cc1nn[nH]n1.CC(C)(C)c1cc(=O)[nH]o1.CC(C)(C)c1cccc(N)n1.CC(C)(C)c1ccnc(=O)[nH]1.CC(C)(C)c1csc(=O)[nH]1.CC(C)(C)c1csc(N)n1.CC(C)(C)c1noc(=O)[nH]1. The molecule has 0 amide bonds. The van der Waals surface area contributed by atoms with E-state index in [0.29, 0.717) is 34.2 Å². The second-order valence-electron chi connectivity index (χ2n) is 30.1. The fourth-order valence-corrected chi connectivity index (χ4v) is 8.00. The summed E-state index contributed by atoms with van der Waals surface area (Å²) in [4.78, 5) is 66.2. The summed E-state index contributed by atoms with van der Waals surface area (Å²) in [6.07, 6.45) is 2.39. The summed E-state index contributed by atoms with van der Waals surface area (Å²) in [6.45, 7) is 55.0. The number of hydrogen-bond donors (Lipinski definition) is 10. The van der Waals surface area contributed by atoms with Crippen LogP contribution in [0, 0.1) is 16.2 Å². The van der Waals surface area contributed by atoms with Gasteiger partial charge in [0.25, 0.3) is 5.56 Å². The number of H-pyrrole nitrogens is 5. The predicted molar refractivity (Wildman–Crippen MR) is 378 cm³/mol. The molecule has 8 heterocycles. The molecule has 31 heteroatoms.